The molecule has 0 heterocycles. The zero-order chi connectivity index (χ0) is 20.8. The van der Waals surface area contributed by atoms with Crippen LogP contribution >= 0.6 is 0 Å². The average Bonchev–Trinajstić information content (AvgIpc) is 2.70. The molecule has 0 aliphatic rings. The smallest absolute Gasteiger partial charge is 0.307 e. The van der Waals surface area contributed by atoms with Crippen molar-refractivity contribution >= 4 is 34.0 Å². The summed E-state index contributed by atoms with van der Waals surface area (Å²) in [5.41, 5.74) is 1.58. The quantitative estimate of drug-likeness (QED) is 0.378. The van der Waals surface area contributed by atoms with Crippen molar-refractivity contribution in [1.82, 2.24) is 0 Å². The number of hydrogen-bond acceptors (Lipinski definition) is 5. The molecule has 0 aliphatic heterocycles. The molecule has 0 aliphatic carbocycles. The van der Waals surface area contributed by atoms with E-state index in [0.29, 0.717) is 27.7 Å². The Bertz CT molecular complexity index is 1140. The van der Waals surface area contributed by atoms with Crippen molar-refractivity contribution in [3.8, 4) is 11.8 Å². The van der Waals surface area contributed by atoms with Gasteiger partial charge in [-0.1, -0.05) is 36.4 Å². The number of nitrogens with one attached hydrogen (secondary N) is 2. The van der Waals surface area contributed by atoms with Crippen molar-refractivity contribution in [3.63, 3.8) is 0 Å². The number of carboxylic acid groups (broad SMARTS) is 1. The summed E-state index contributed by atoms with van der Waals surface area (Å²) in [7, 11) is 0. The van der Waals surface area contributed by atoms with Gasteiger partial charge in [-0.2, -0.15) is 5.26 Å². The number of phenolic OH excluding ortho intramolecular Hbond substituents is 1. The highest BCUT2D eigenvalue weighted by atomic mass is 16.4. The molecule has 7 nitrogen and oxygen atoms in total. The Morgan fingerprint density at radius 1 is 1.00 bits per heavy atom. The van der Waals surface area contributed by atoms with Crippen LogP contribution in [0.4, 0.5) is 11.4 Å². The average molecular weight is 387 g/mol. The molecule has 0 saturated carbocycles. The molecule has 0 atom stereocenters. The number of benzene rings is 3. The van der Waals surface area contributed by atoms with Gasteiger partial charge in [0, 0.05) is 28.3 Å². The predicted octanol–water partition coefficient (Wildman–Crippen LogP) is 3.63. The molecule has 0 bridgehead atoms. The van der Waals surface area contributed by atoms with Gasteiger partial charge in [-0.25, -0.2) is 0 Å². The molecule has 4 N–H and O–H groups in total. The first-order valence-corrected chi connectivity index (χ1v) is 8.67. The molecular weight excluding hydrogens is 370 g/mol. The summed E-state index contributed by atoms with van der Waals surface area (Å²) in [5, 5.41) is 34.8. The van der Waals surface area contributed by atoms with Gasteiger partial charge in [0.15, 0.2) is 0 Å². The van der Waals surface area contributed by atoms with Crippen LogP contribution in [-0.4, -0.2) is 22.1 Å². The topological polar surface area (TPSA) is 122 Å². The number of fused-ring (bicyclic) bond motifs is 1. The molecule has 3 aromatic rings. The highest BCUT2D eigenvalue weighted by molar-refractivity contribution is 6.11. The number of aromatic hydroxyl groups is 1. The summed E-state index contributed by atoms with van der Waals surface area (Å²) in [5.74, 6) is -1.42. The minimum atomic E-state index is -0.921. The van der Waals surface area contributed by atoms with Crippen LogP contribution in [0, 0.1) is 11.3 Å². The van der Waals surface area contributed by atoms with Crippen molar-refractivity contribution in [3.05, 3.63) is 78.0 Å². The number of rotatable bonds is 6. The molecule has 0 spiro atoms. The molecule has 144 valence electrons. The van der Waals surface area contributed by atoms with Gasteiger partial charge < -0.3 is 20.8 Å². The van der Waals surface area contributed by atoms with Gasteiger partial charge in [-0.15, -0.1) is 0 Å². The number of carboxylic acids is 1. The normalized spacial score (nSPS) is 10.9. The van der Waals surface area contributed by atoms with E-state index in [9.17, 15) is 20.0 Å². The number of phenols is 1. The van der Waals surface area contributed by atoms with Gasteiger partial charge in [0.05, 0.1) is 6.42 Å². The van der Waals surface area contributed by atoms with Crippen LogP contribution in [0.3, 0.4) is 0 Å². The molecule has 0 aromatic heterocycles. The van der Waals surface area contributed by atoms with Gasteiger partial charge in [0.1, 0.15) is 17.4 Å². The van der Waals surface area contributed by atoms with E-state index in [-0.39, 0.29) is 17.7 Å². The molecular formula is C22H17N3O4. The number of carbonyl (C=O) groups excluding carboxylic acids is 1. The van der Waals surface area contributed by atoms with Gasteiger partial charge in [0.25, 0.3) is 5.91 Å². The summed E-state index contributed by atoms with van der Waals surface area (Å²) in [6, 6.07) is 18.6. The number of nitriles is 1. The Morgan fingerprint density at radius 2 is 1.69 bits per heavy atom. The Labute approximate surface area is 166 Å². The second kappa shape index (κ2) is 8.59. The minimum Gasteiger partial charge on any atom is -0.507 e. The Balaban J connectivity index is 1.75. The number of aliphatic carboxylic acids is 1. The Hall–Kier alpha value is -4.31. The second-order valence-corrected chi connectivity index (χ2v) is 6.21. The highest BCUT2D eigenvalue weighted by Gasteiger charge is 2.12. The van der Waals surface area contributed by atoms with Gasteiger partial charge in [0.2, 0.25) is 0 Å². The number of hydrogen-bond donors (Lipinski definition) is 4. The minimum absolute atomic E-state index is 0.0808. The van der Waals surface area contributed by atoms with Crippen LogP contribution in [0.15, 0.2) is 72.4 Å². The first-order chi connectivity index (χ1) is 14.0. The van der Waals surface area contributed by atoms with E-state index < -0.39 is 11.9 Å². The Kier molecular flexibility index (Phi) is 5.76. The standard InChI is InChI=1S/C22H17N3O4/c23-12-15(13-24-16-9-7-14(8-10-16)11-21(27)28)22(29)25-19-5-1-4-18-17(19)3-2-6-20(18)26/h1-10,13,24,26H,11H2,(H,25,29)(H,27,28)/b15-13-. The molecule has 3 rings (SSSR count). The predicted molar refractivity (Wildman–Crippen MR) is 109 cm³/mol. The van der Waals surface area contributed by atoms with E-state index >= 15 is 0 Å². The highest BCUT2D eigenvalue weighted by Crippen LogP contribution is 2.30. The van der Waals surface area contributed by atoms with Crippen molar-refractivity contribution in [2.24, 2.45) is 0 Å². The van der Waals surface area contributed by atoms with Crippen LogP contribution in [-0.2, 0) is 16.0 Å². The monoisotopic (exact) mass is 387 g/mol. The molecule has 0 unspecified atom stereocenters. The lowest BCUT2D eigenvalue weighted by Gasteiger charge is -2.09. The van der Waals surface area contributed by atoms with E-state index in [4.69, 9.17) is 5.11 Å². The summed E-state index contributed by atoms with van der Waals surface area (Å²) >= 11 is 0. The number of anilines is 2. The first kappa shape index (κ1) is 19.5. The van der Waals surface area contributed by atoms with Crippen LogP contribution in [0.5, 0.6) is 5.75 Å². The SMILES string of the molecule is N#C/C(=C/Nc1ccc(CC(=O)O)cc1)C(=O)Nc1cccc2c(O)cccc12. The summed E-state index contributed by atoms with van der Waals surface area (Å²) in [6.07, 6.45) is 1.20. The molecule has 3 aromatic carbocycles. The van der Waals surface area contributed by atoms with Gasteiger partial charge >= 0.3 is 5.97 Å². The zero-order valence-electron chi connectivity index (χ0n) is 15.2. The van der Waals surface area contributed by atoms with Crippen molar-refractivity contribution in [2.75, 3.05) is 10.6 Å². The number of nitrogens with zero attached hydrogens (tertiary/aromatic N) is 1. The Morgan fingerprint density at radius 3 is 2.38 bits per heavy atom. The lowest BCUT2D eigenvalue weighted by Crippen LogP contribution is -2.14. The van der Waals surface area contributed by atoms with E-state index in [1.54, 1.807) is 60.7 Å². The molecule has 29 heavy (non-hydrogen) atoms. The van der Waals surface area contributed by atoms with Gasteiger partial charge in [-0.3, -0.25) is 9.59 Å². The fourth-order valence-electron chi connectivity index (χ4n) is 2.79. The fraction of sp³-hybridized carbons (Fsp3) is 0.0455. The summed E-state index contributed by atoms with van der Waals surface area (Å²) in [6.45, 7) is 0. The van der Waals surface area contributed by atoms with Crippen LogP contribution in [0.2, 0.25) is 0 Å². The largest absolute Gasteiger partial charge is 0.507 e. The van der Waals surface area contributed by atoms with E-state index in [2.05, 4.69) is 10.6 Å². The van der Waals surface area contributed by atoms with Crippen LogP contribution < -0.4 is 10.6 Å². The fourth-order valence-corrected chi connectivity index (χ4v) is 2.79. The van der Waals surface area contributed by atoms with E-state index in [1.165, 1.54) is 6.20 Å². The molecule has 7 heteroatoms. The number of amides is 1. The molecule has 0 fully saturated rings. The lowest BCUT2D eigenvalue weighted by molar-refractivity contribution is -0.136. The third kappa shape index (κ3) is 4.70. The number of carbonyl (C=O) groups is 2. The third-order valence-electron chi connectivity index (χ3n) is 4.20. The summed E-state index contributed by atoms with van der Waals surface area (Å²) in [4.78, 5) is 23.2. The third-order valence-corrected chi connectivity index (χ3v) is 4.20. The van der Waals surface area contributed by atoms with E-state index in [1.807, 2.05) is 6.07 Å². The maximum atomic E-state index is 12.5. The first-order valence-electron chi connectivity index (χ1n) is 8.67. The maximum absolute atomic E-state index is 12.5. The van der Waals surface area contributed by atoms with Crippen molar-refractivity contribution < 1.29 is 19.8 Å². The molecule has 1 amide bonds. The van der Waals surface area contributed by atoms with Crippen molar-refractivity contribution in [2.45, 2.75) is 6.42 Å². The molecule has 0 radical (unpaired) electrons. The second-order valence-electron chi connectivity index (χ2n) is 6.21. The zero-order valence-corrected chi connectivity index (χ0v) is 15.2. The lowest BCUT2D eigenvalue weighted by atomic mass is 10.1. The van der Waals surface area contributed by atoms with Crippen LogP contribution in [0.25, 0.3) is 10.8 Å². The van der Waals surface area contributed by atoms with Crippen LogP contribution in [0.1, 0.15) is 5.56 Å². The van der Waals surface area contributed by atoms with Gasteiger partial charge in [-0.05, 0) is 29.8 Å². The van der Waals surface area contributed by atoms with Crippen molar-refractivity contribution in [1.29, 1.82) is 5.26 Å². The van der Waals surface area contributed by atoms with E-state index in [0.717, 1.165) is 0 Å². The summed E-state index contributed by atoms with van der Waals surface area (Å²) < 4.78 is 0. The maximum Gasteiger partial charge on any atom is 0.307 e. The molecule has 0 saturated heterocycles.